The summed E-state index contributed by atoms with van der Waals surface area (Å²) in [6.45, 7) is -0.0917. The molecule has 104 valence electrons. The Morgan fingerprint density at radius 3 is 2.74 bits per heavy atom. The van der Waals surface area contributed by atoms with Crippen LogP contribution in [0.15, 0.2) is 23.4 Å². The third-order valence-electron chi connectivity index (χ3n) is 1.92. The third-order valence-corrected chi connectivity index (χ3v) is 2.58. The average Bonchev–Trinajstić information content (AvgIpc) is 2.37. The average molecular weight is 306 g/mol. The highest BCUT2D eigenvalue weighted by atomic mass is 35.5. The zero-order valence-corrected chi connectivity index (χ0v) is 11.4. The Kier molecular flexibility index (Phi) is 7.20. The molecule has 0 aliphatic heterocycles. The largest absolute Gasteiger partial charge is 0.395 e. The minimum atomic E-state index is -0.421. The van der Waals surface area contributed by atoms with Gasteiger partial charge in [-0.1, -0.05) is 34.4 Å². The molecule has 0 aromatic heterocycles. The lowest BCUT2D eigenvalue weighted by atomic mass is 10.2. The van der Waals surface area contributed by atoms with Crippen molar-refractivity contribution in [3.8, 4) is 0 Å². The van der Waals surface area contributed by atoms with E-state index in [4.69, 9.17) is 33.1 Å². The molecular formula is C11H13Cl2N3O3. The highest BCUT2D eigenvalue weighted by Crippen LogP contribution is 2.22. The highest BCUT2D eigenvalue weighted by molar-refractivity contribution is 6.38. The van der Waals surface area contributed by atoms with Crippen LogP contribution >= 0.6 is 23.2 Å². The van der Waals surface area contributed by atoms with Gasteiger partial charge >= 0.3 is 0 Å². The maximum Gasteiger partial charge on any atom is 0.274 e. The number of hydrogen-bond donors (Lipinski definition) is 3. The van der Waals surface area contributed by atoms with Gasteiger partial charge in [-0.25, -0.2) is 5.43 Å². The summed E-state index contributed by atoms with van der Waals surface area (Å²) in [6.07, 6.45) is 1.33. The monoisotopic (exact) mass is 305 g/mol. The van der Waals surface area contributed by atoms with Crippen molar-refractivity contribution in [1.82, 2.24) is 10.9 Å². The van der Waals surface area contributed by atoms with Crippen LogP contribution in [0, 0.1) is 0 Å². The molecular weight excluding hydrogens is 293 g/mol. The molecule has 0 saturated heterocycles. The second-order valence-electron chi connectivity index (χ2n) is 3.34. The van der Waals surface area contributed by atoms with Crippen LogP contribution in [0.2, 0.25) is 10.0 Å². The second kappa shape index (κ2) is 8.71. The summed E-state index contributed by atoms with van der Waals surface area (Å²) in [4.78, 5) is 15.9. The topological polar surface area (TPSA) is 83.0 Å². The molecule has 0 bridgehead atoms. The number of aliphatic hydroxyl groups excluding tert-OH is 1. The van der Waals surface area contributed by atoms with E-state index in [1.54, 1.807) is 18.2 Å². The number of halogens is 2. The minimum absolute atomic E-state index is 0.0791. The summed E-state index contributed by atoms with van der Waals surface area (Å²) in [5.41, 5.74) is 5.31. The van der Waals surface area contributed by atoms with Gasteiger partial charge in [-0.05, 0) is 12.1 Å². The molecule has 19 heavy (non-hydrogen) atoms. The Morgan fingerprint density at radius 2 is 2.11 bits per heavy atom. The Bertz CT molecular complexity index is 435. The Morgan fingerprint density at radius 1 is 1.42 bits per heavy atom. The van der Waals surface area contributed by atoms with Crippen LogP contribution in [0.4, 0.5) is 0 Å². The van der Waals surface area contributed by atoms with Crippen molar-refractivity contribution < 1.29 is 14.7 Å². The second-order valence-corrected chi connectivity index (χ2v) is 4.16. The number of hydrogen-bond acceptors (Lipinski definition) is 5. The normalized spacial score (nSPS) is 10.7. The van der Waals surface area contributed by atoms with E-state index in [1.165, 1.54) is 6.21 Å². The van der Waals surface area contributed by atoms with Crippen molar-refractivity contribution in [2.45, 2.75) is 0 Å². The number of amides is 1. The molecule has 0 spiro atoms. The number of hydrazine groups is 1. The number of carbonyl (C=O) groups is 1. The summed E-state index contributed by atoms with van der Waals surface area (Å²) >= 11 is 11.8. The Hall–Kier alpha value is -1.34. The standard InChI is InChI=1S/C11H13Cl2N3O3/c12-9-2-1-3-10(13)8(9)6-15-19-7-11(18)16-14-4-5-17/h1-3,6,14,17H,4-5,7H2,(H,16,18). The van der Waals surface area contributed by atoms with Crippen LogP contribution in [-0.4, -0.2) is 37.0 Å². The van der Waals surface area contributed by atoms with E-state index in [0.717, 1.165) is 0 Å². The van der Waals surface area contributed by atoms with Crippen LogP contribution in [0.5, 0.6) is 0 Å². The first-order chi connectivity index (χ1) is 9.15. The van der Waals surface area contributed by atoms with Crippen LogP contribution in [0.3, 0.4) is 0 Å². The zero-order chi connectivity index (χ0) is 14.1. The van der Waals surface area contributed by atoms with Crippen molar-refractivity contribution in [3.63, 3.8) is 0 Å². The van der Waals surface area contributed by atoms with Crippen LogP contribution in [0.1, 0.15) is 5.56 Å². The smallest absolute Gasteiger partial charge is 0.274 e. The summed E-state index contributed by atoms with van der Waals surface area (Å²) in [5, 5.41) is 13.0. The molecule has 0 fully saturated rings. The Balaban J connectivity index is 2.36. The quantitative estimate of drug-likeness (QED) is 0.398. The van der Waals surface area contributed by atoms with Gasteiger partial charge in [0.25, 0.3) is 5.91 Å². The van der Waals surface area contributed by atoms with E-state index in [1.807, 2.05) is 0 Å². The Labute approximate surface area is 120 Å². The predicted octanol–water partition coefficient (Wildman–Crippen LogP) is 0.957. The van der Waals surface area contributed by atoms with Gasteiger partial charge in [-0.15, -0.1) is 0 Å². The zero-order valence-electron chi connectivity index (χ0n) is 9.90. The van der Waals surface area contributed by atoms with Crippen LogP contribution < -0.4 is 10.9 Å². The summed E-state index contributed by atoms with van der Waals surface area (Å²) < 4.78 is 0. The third kappa shape index (κ3) is 5.89. The molecule has 1 amide bonds. The molecule has 3 N–H and O–H groups in total. The molecule has 0 saturated carbocycles. The summed E-state index contributed by atoms with van der Waals surface area (Å²) in [5.74, 6) is -0.421. The predicted molar refractivity (Wildman–Crippen MR) is 73.2 cm³/mol. The van der Waals surface area contributed by atoms with Gasteiger partial charge in [0.05, 0.1) is 22.9 Å². The summed E-state index contributed by atoms with van der Waals surface area (Å²) in [6, 6.07) is 5.05. The van der Waals surface area contributed by atoms with E-state index in [0.29, 0.717) is 15.6 Å². The van der Waals surface area contributed by atoms with Crippen molar-refractivity contribution >= 4 is 35.3 Å². The van der Waals surface area contributed by atoms with E-state index < -0.39 is 5.91 Å². The lowest BCUT2D eigenvalue weighted by molar-refractivity contribution is -0.126. The molecule has 1 rings (SSSR count). The lowest BCUT2D eigenvalue weighted by Crippen LogP contribution is -2.40. The van der Waals surface area contributed by atoms with Gasteiger partial charge in [0.15, 0.2) is 6.61 Å². The molecule has 0 unspecified atom stereocenters. The van der Waals surface area contributed by atoms with Crippen molar-refractivity contribution in [2.75, 3.05) is 19.8 Å². The molecule has 0 atom stereocenters. The first-order valence-electron chi connectivity index (χ1n) is 5.37. The lowest BCUT2D eigenvalue weighted by Gasteiger charge is -2.04. The van der Waals surface area contributed by atoms with Gasteiger partial charge in [0, 0.05) is 12.1 Å². The van der Waals surface area contributed by atoms with Crippen molar-refractivity contribution in [2.24, 2.45) is 5.16 Å². The number of aliphatic hydroxyl groups is 1. The first-order valence-corrected chi connectivity index (χ1v) is 6.12. The fourth-order valence-electron chi connectivity index (χ4n) is 1.07. The van der Waals surface area contributed by atoms with Crippen molar-refractivity contribution in [1.29, 1.82) is 0 Å². The fraction of sp³-hybridized carbons (Fsp3) is 0.273. The molecule has 0 aliphatic carbocycles. The van der Waals surface area contributed by atoms with Crippen LogP contribution in [0.25, 0.3) is 0 Å². The van der Waals surface area contributed by atoms with Gasteiger partial charge < -0.3 is 9.94 Å². The molecule has 8 heteroatoms. The molecule has 6 nitrogen and oxygen atoms in total. The van der Waals surface area contributed by atoms with E-state index in [-0.39, 0.29) is 19.8 Å². The SMILES string of the molecule is O=C(CON=Cc1c(Cl)cccc1Cl)NNCCO. The molecule has 0 radical (unpaired) electrons. The summed E-state index contributed by atoms with van der Waals surface area (Å²) in [7, 11) is 0. The molecule has 0 heterocycles. The maximum absolute atomic E-state index is 11.2. The number of benzene rings is 1. The van der Waals surface area contributed by atoms with E-state index in [2.05, 4.69) is 16.0 Å². The number of oxime groups is 1. The fourth-order valence-corrected chi connectivity index (χ4v) is 1.57. The van der Waals surface area contributed by atoms with Crippen molar-refractivity contribution in [3.05, 3.63) is 33.8 Å². The highest BCUT2D eigenvalue weighted by Gasteiger charge is 2.03. The van der Waals surface area contributed by atoms with Gasteiger partial charge in [-0.3, -0.25) is 10.2 Å². The number of nitrogens with zero attached hydrogens (tertiary/aromatic N) is 1. The van der Waals surface area contributed by atoms with Gasteiger partial charge in [0.2, 0.25) is 0 Å². The first kappa shape index (κ1) is 15.7. The van der Waals surface area contributed by atoms with Crippen LogP contribution in [-0.2, 0) is 9.63 Å². The van der Waals surface area contributed by atoms with E-state index in [9.17, 15) is 4.79 Å². The molecule has 1 aromatic rings. The van der Waals surface area contributed by atoms with E-state index >= 15 is 0 Å². The minimum Gasteiger partial charge on any atom is -0.395 e. The number of nitrogens with one attached hydrogen (secondary N) is 2. The number of rotatable bonds is 7. The molecule has 1 aromatic carbocycles. The molecule has 0 aliphatic rings. The van der Waals surface area contributed by atoms with Gasteiger partial charge in [-0.2, -0.15) is 0 Å². The van der Waals surface area contributed by atoms with Gasteiger partial charge in [0.1, 0.15) is 0 Å². The maximum atomic E-state index is 11.2. The number of carbonyl (C=O) groups excluding carboxylic acids is 1.